The first kappa shape index (κ1) is 12.0. The number of halogens is 1. The lowest BCUT2D eigenvalue weighted by atomic mass is 10.3. The Bertz CT molecular complexity index is 471. The minimum Gasteiger partial charge on any atom is -0.230 e. The number of rotatable bonds is 4. The summed E-state index contributed by atoms with van der Waals surface area (Å²) < 4.78 is 2.38. The number of alkyl halides is 1. The molecule has 0 unspecified atom stereocenters. The second-order valence-corrected chi connectivity index (χ2v) is 6.01. The van der Waals surface area contributed by atoms with Crippen LogP contribution in [-0.4, -0.2) is 16.6 Å². The molecule has 4 heteroatoms. The lowest BCUT2D eigenvalue weighted by molar-refractivity contribution is 1.30. The molecule has 0 amide bonds. The van der Waals surface area contributed by atoms with E-state index in [2.05, 4.69) is 23.2 Å². The fraction of sp³-hybridized carbons (Fsp3) is 0.250. The minimum atomic E-state index is 0.612. The van der Waals surface area contributed by atoms with Crippen LogP contribution < -0.4 is 0 Å². The summed E-state index contributed by atoms with van der Waals surface area (Å²) in [7, 11) is 0. The predicted octanol–water partition coefficient (Wildman–Crippen LogP) is 4.57. The molecule has 84 valence electrons. The monoisotopic (exact) mass is 269 g/mol. The summed E-state index contributed by atoms with van der Waals surface area (Å²) in [6.45, 7) is 2.05. The third-order valence-electron chi connectivity index (χ3n) is 2.12. The number of allylic oxidation sites excluding steroid dienone is 1. The molecular formula is C12H12ClNS2. The number of benzene rings is 1. The molecule has 0 aliphatic carbocycles. The molecule has 0 fully saturated rings. The molecule has 0 spiro atoms. The highest BCUT2D eigenvalue weighted by Crippen LogP contribution is 2.29. The molecular weight excluding hydrogens is 258 g/mol. The van der Waals surface area contributed by atoms with Crippen LogP contribution in [0.4, 0.5) is 0 Å². The number of fused-ring (bicyclic) bond motifs is 1. The predicted molar refractivity (Wildman–Crippen MR) is 74.8 cm³/mol. The van der Waals surface area contributed by atoms with Crippen LogP contribution in [0.15, 0.2) is 40.3 Å². The molecule has 1 heterocycles. The minimum absolute atomic E-state index is 0.612. The summed E-state index contributed by atoms with van der Waals surface area (Å²) in [5, 5.41) is 0. The van der Waals surface area contributed by atoms with E-state index < -0.39 is 0 Å². The van der Waals surface area contributed by atoms with Crippen molar-refractivity contribution >= 4 is 44.9 Å². The maximum absolute atomic E-state index is 5.71. The van der Waals surface area contributed by atoms with E-state index in [-0.39, 0.29) is 0 Å². The molecule has 0 atom stereocenters. The largest absolute Gasteiger partial charge is 0.230 e. The van der Waals surface area contributed by atoms with Gasteiger partial charge in [-0.05, 0) is 19.1 Å². The van der Waals surface area contributed by atoms with Gasteiger partial charge in [-0.2, -0.15) is 0 Å². The van der Waals surface area contributed by atoms with Crippen molar-refractivity contribution in [3.05, 3.63) is 35.9 Å². The van der Waals surface area contributed by atoms with E-state index in [0.29, 0.717) is 5.88 Å². The van der Waals surface area contributed by atoms with Gasteiger partial charge in [0.15, 0.2) is 4.34 Å². The molecule has 0 N–H and O–H groups in total. The summed E-state index contributed by atoms with van der Waals surface area (Å²) in [6, 6.07) is 8.23. The Hall–Kier alpha value is -0.510. The summed E-state index contributed by atoms with van der Waals surface area (Å²) in [5.74, 6) is 1.55. The SMILES string of the molecule is CC(=CCSc1nc2ccccc2s1)CCl. The molecule has 2 rings (SSSR count). The van der Waals surface area contributed by atoms with Crippen molar-refractivity contribution in [1.29, 1.82) is 0 Å². The molecule has 2 aromatic rings. The molecule has 0 saturated carbocycles. The quantitative estimate of drug-likeness (QED) is 0.458. The molecule has 1 aromatic heterocycles. The Morgan fingerprint density at radius 3 is 3.06 bits per heavy atom. The van der Waals surface area contributed by atoms with Crippen LogP contribution in [0.2, 0.25) is 0 Å². The van der Waals surface area contributed by atoms with Gasteiger partial charge in [-0.15, -0.1) is 22.9 Å². The molecule has 0 aliphatic heterocycles. The zero-order valence-corrected chi connectivity index (χ0v) is 11.3. The second-order valence-electron chi connectivity index (χ2n) is 3.44. The van der Waals surface area contributed by atoms with E-state index >= 15 is 0 Å². The number of hydrogen-bond acceptors (Lipinski definition) is 3. The van der Waals surface area contributed by atoms with E-state index in [1.807, 2.05) is 19.1 Å². The molecule has 1 aromatic carbocycles. The first-order valence-corrected chi connectivity index (χ1v) is 7.33. The molecule has 0 saturated heterocycles. The summed E-state index contributed by atoms with van der Waals surface area (Å²) >= 11 is 9.22. The number of para-hydroxylation sites is 1. The maximum Gasteiger partial charge on any atom is 0.151 e. The van der Waals surface area contributed by atoms with Gasteiger partial charge in [0.05, 0.1) is 10.2 Å². The van der Waals surface area contributed by atoms with E-state index in [4.69, 9.17) is 11.6 Å². The maximum atomic E-state index is 5.71. The first-order valence-electron chi connectivity index (χ1n) is 4.99. The third kappa shape index (κ3) is 3.00. The van der Waals surface area contributed by atoms with Gasteiger partial charge in [-0.25, -0.2) is 4.98 Å². The van der Waals surface area contributed by atoms with Gasteiger partial charge >= 0.3 is 0 Å². The Kier molecular flexibility index (Phi) is 4.27. The van der Waals surface area contributed by atoms with Crippen LogP contribution in [0, 0.1) is 0 Å². The topological polar surface area (TPSA) is 12.9 Å². The molecule has 0 aliphatic rings. The summed E-state index contributed by atoms with van der Waals surface area (Å²) in [5.41, 5.74) is 2.31. The van der Waals surface area contributed by atoms with Crippen LogP contribution >= 0.6 is 34.7 Å². The van der Waals surface area contributed by atoms with Gasteiger partial charge in [0.2, 0.25) is 0 Å². The summed E-state index contributed by atoms with van der Waals surface area (Å²) in [6.07, 6.45) is 2.16. The zero-order valence-electron chi connectivity index (χ0n) is 8.94. The number of aromatic nitrogens is 1. The Labute approximate surface area is 109 Å². The first-order chi connectivity index (χ1) is 7.79. The van der Waals surface area contributed by atoms with Gasteiger partial charge in [-0.3, -0.25) is 0 Å². The van der Waals surface area contributed by atoms with Gasteiger partial charge in [0.1, 0.15) is 0 Å². The highest BCUT2D eigenvalue weighted by Gasteiger charge is 2.02. The molecule has 1 nitrogen and oxygen atoms in total. The Morgan fingerprint density at radius 1 is 1.50 bits per heavy atom. The molecule has 0 bridgehead atoms. The van der Waals surface area contributed by atoms with Crippen molar-refractivity contribution in [2.75, 3.05) is 11.6 Å². The van der Waals surface area contributed by atoms with Gasteiger partial charge in [0, 0.05) is 11.6 Å². The van der Waals surface area contributed by atoms with Crippen molar-refractivity contribution in [3.63, 3.8) is 0 Å². The van der Waals surface area contributed by atoms with Crippen LogP contribution in [0.3, 0.4) is 0 Å². The summed E-state index contributed by atoms with van der Waals surface area (Å²) in [4.78, 5) is 4.55. The van der Waals surface area contributed by atoms with Crippen molar-refractivity contribution in [3.8, 4) is 0 Å². The van der Waals surface area contributed by atoms with E-state index in [1.165, 1.54) is 10.3 Å². The average Bonchev–Trinajstić information content (AvgIpc) is 2.71. The van der Waals surface area contributed by atoms with Crippen LogP contribution in [0.5, 0.6) is 0 Å². The van der Waals surface area contributed by atoms with Crippen molar-refractivity contribution < 1.29 is 0 Å². The smallest absolute Gasteiger partial charge is 0.151 e. The van der Waals surface area contributed by atoms with Crippen molar-refractivity contribution in [1.82, 2.24) is 4.98 Å². The molecule has 0 radical (unpaired) electrons. The lowest BCUT2D eigenvalue weighted by Crippen LogP contribution is -1.79. The lowest BCUT2D eigenvalue weighted by Gasteiger charge is -1.93. The number of thiazole rings is 1. The second kappa shape index (κ2) is 5.71. The zero-order chi connectivity index (χ0) is 11.4. The van der Waals surface area contributed by atoms with Crippen LogP contribution in [-0.2, 0) is 0 Å². The number of thioether (sulfide) groups is 1. The highest BCUT2D eigenvalue weighted by atomic mass is 35.5. The number of hydrogen-bond donors (Lipinski definition) is 0. The van der Waals surface area contributed by atoms with Gasteiger partial charge in [0.25, 0.3) is 0 Å². The third-order valence-corrected chi connectivity index (χ3v) is 4.65. The fourth-order valence-electron chi connectivity index (χ4n) is 1.22. The van der Waals surface area contributed by atoms with E-state index in [9.17, 15) is 0 Å². The molecule has 16 heavy (non-hydrogen) atoms. The number of nitrogens with zero attached hydrogens (tertiary/aromatic N) is 1. The van der Waals surface area contributed by atoms with E-state index in [0.717, 1.165) is 15.6 Å². The fourth-order valence-corrected chi connectivity index (χ4v) is 3.41. The normalized spacial score (nSPS) is 12.2. The van der Waals surface area contributed by atoms with Crippen LogP contribution in [0.25, 0.3) is 10.2 Å². The highest BCUT2D eigenvalue weighted by molar-refractivity contribution is 8.01. The Morgan fingerprint density at radius 2 is 2.31 bits per heavy atom. The van der Waals surface area contributed by atoms with Crippen molar-refractivity contribution in [2.45, 2.75) is 11.3 Å². The standard InChI is InChI=1S/C12H12ClNS2/c1-9(8-13)6-7-15-12-14-10-4-2-3-5-11(10)16-12/h2-6H,7-8H2,1H3. The Balaban J connectivity index is 2.05. The van der Waals surface area contributed by atoms with Gasteiger partial charge in [-0.1, -0.05) is 35.5 Å². The van der Waals surface area contributed by atoms with Crippen molar-refractivity contribution in [2.24, 2.45) is 0 Å². The van der Waals surface area contributed by atoms with Gasteiger partial charge < -0.3 is 0 Å². The van der Waals surface area contributed by atoms with Crippen LogP contribution in [0.1, 0.15) is 6.92 Å². The average molecular weight is 270 g/mol. The van der Waals surface area contributed by atoms with E-state index in [1.54, 1.807) is 23.1 Å².